The van der Waals surface area contributed by atoms with Gasteiger partial charge in [0.15, 0.2) is 0 Å². The van der Waals surface area contributed by atoms with Gasteiger partial charge in [-0.25, -0.2) is 12.8 Å². The average Bonchev–Trinajstić information content (AvgIpc) is 2.73. The van der Waals surface area contributed by atoms with Gasteiger partial charge in [0.25, 0.3) is 5.91 Å². The lowest BCUT2D eigenvalue weighted by Crippen LogP contribution is -2.52. The molecule has 0 atom stereocenters. The van der Waals surface area contributed by atoms with E-state index in [1.54, 1.807) is 30.3 Å². The molecular formula is C19H20FN3O4S. The standard InChI is InChI=1S/C19H20FN3O4S/c20-16-6-8-17(9-7-16)28(26,27)23-12-10-22(11-13-23)18(24)14-21-19(25)15-4-2-1-3-5-15/h1-9H,10-14H2,(H,21,25). The van der Waals surface area contributed by atoms with E-state index in [2.05, 4.69) is 5.32 Å². The van der Waals surface area contributed by atoms with E-state index in [1.165, 1.54) is 21.3 Å². The summed E-state index contributed by atoms with van der Waals surface area (Å²) in [5, 5.41) is 2.57. The summed E-state index contributed by atoms with van der Waals surface area (Å²) in [6, 6.07) is 13.2. The van der Waals surface area contributed by atoms with Gasteiger partial charge >= 0.3 is 0 Å². The molecule has 1 aliphatic heterocycles. The molecule has 148 valence electrons. The predicted molar refractivity (Wildman–Crippen MR) is 101 cm³/mol. The highest BCUT2D eigenvalue weighted by atomic mass is 32.2. The molecule has 28 heavy (non-hydrogen) atoms. The fourth-order valence-electron chi connectivity index (χ4n) is 2.89. The van der Waals surface area contributed by atoms with Gasteiger partial charge in [-0.3, -0.25) is 9.59 Å². The number of piperazine rings is 1. The maximum atomic E-state index is 13.0. The molecule has 2 aromatic carbocycles. The van der Waals surface area contributed by atoms with Crippen LogP contribution in [0.1, 0.15) is 10.4 Å². The molecule has 0 aromatic heterocycles. The van der Waals surface area contributed by atoms with Gasteiger partial charge in [0.05, 0.1) is 11.4 Å². The van der Waals surface area contributed by atoms with E-state index in [-0.39, 0.29) is 49.4 Å². The van der Waals surface area contributed by atoms with Gasteiger partial charge in [-0.05, 0) is 36.4 Å². The molecule has 0 saturated carbocycles. The van der Waals surface area contributed by atoms with Crippen molar-refractivity contribution in [2.24, 2.45) is 0 Å². The molecular weight excluding hydrogens is 385 g/mol. The van der Waals surface area contributed by atoms with Crippen molar-refractivity contribution in [3.63, 3.8) is 0 Å². The number of nitrogens with zero attached hydrogens (tertiary/aromatic N) is 2. The van der Waals surface area contributed by atoms with Crippen molar-refractivity contribution in [3.05, 3.63) is 66.0 Å². The van der Waals surface area contributed by atoms with Gasteiger partial charge in [0.1, 0.15) is 5.82 Å². The number of hydrogen-bond donors (Lipinski definition) is 1. The Morgan fingerprint density at radius 1 is 0.929 bits per heavy atom. The quantitative estimate of drug-likeness (QED) is 0.807. The molecule has 2 aromatic rings. The molecule has 3 rings (SSSR count). The first-order valence-corrected chi connectivity index (χ1v) is 10.2. The van der Waals surface area contributed by atoms with Crippen molar-refractivity contribution in [1.82, 2.24) is 14.5 Å². The summed E-state index contributed by atoms with van der Waals surface area (Å²) < 4.78 is 39.5. The molecule has 0 bridgehead atoms. The normalized spacial score (nSPS) is 15.2. The maximum Gasteiger partial charge on any atom is 0.251 e. The Labute approximate surface area is 162 Å². The largest absolute Gasteiger partial charge is 0.343 e. The third-order valence-electron chi connectivity index (χ3n) is 4.48. The Morgan fingerprint density at radius 2 is 1.54 bits per heavy atom. The number of rotatable bonds is 5. The summed E-state index contributed by atoms with van der Waals surface area (Å²) in [6.45, 7) is 0.565. The molecule has 0 radical (unpaired) electrons. The minimum Gasteiger partial charge on any atom is -0.343 e. The number of carbonyl (C=O) groups is 2. The van der Waals surface area contributed by atoms with Crippen molar-refractivity contribution < 1.29 is 22.4 Å². The third-order valence-corrected chi connectivity index (χ3v) is 6.39. The monoisotopic (exact) mass is 405 g/mol. The van der Waals surface area contributed by atoms with Gasteiger partial charge in [-0.15, -0.1) is 0 Å². The van der Waals surface area contributed by atoms with Crippen molar-refractivity contribution in [1.29, 1.82) is 0 Å². The van der Waals surface area contributed by atoms with E-state index in [9.17, 15) is 22.4 Å². The second kappa shape index (κ2) is 8.49. The SMILES string of the molecule is O=C(NCC(=O)N1CCN(S(=O)(=O)c2ccc(F)cc2)CC1)c1ccccc1. The summed E-state index contributed by atoms with van der Waals surface area (Å²) in [7, 11) is -3.73. The number of nitrogens with one attached hydrogen (secondary N) is 1. The molecule has 7 nitrogen and oxygen atoms in total. The Kier molecular flexibility index (Phi) is 6.05. The first kappa shape index (κ1) is 20.0. The van der Waals surface area contributed by atoms with Crippen LogP contribution in [-0.4, -0.2) is 62.2 Å². The highest BCUT2D eigenvalue weighted by molar-refractivity contribution is 7.89. The molecule has 1 heterocycles. The zero-order chi connectivity index (χ0) is 20.1. The highest BCUT2D eigenvalue weighted by Crippen LogP contribution is 2.18. The van der Waals surface area contributed by atoms with E-state index >= 15 is 0 Å². The molecule has 1 fully saturated rings. The Balaban J connectivity index is 1.52. The van der Waals surface area contributed by atoms with Crippen LogP contribution >= 0.6 is 0 Å². The first-order chi connectivity index (χ1) is 13.4. The van der Waals surface area contributed by atoms with Crippen molar-refractivity contribution >= 4 is 21.8 Å². The number of hydrogen-bond acceptors (Lipinski definition) is 4. The minimum absolute atomic E-state index is 0.0174. The van der Waals surface area contributed by atoms with Crippen molar-refractivity contribution in [3.8, 4) is 0 Å². The van der Waals surface area contributed by atoms with Crippen molar-refractivity contribution in [2.45, 2.75) is 4.90 Å². The highest BCUT2D eigenvalue weighted by Gasteiger charge is 2.30. The molecule has 0 aliphatic carbocycles. The Morgan fingerprint density at radius 3 is 2.14 bits per heavy atom. The summed E-state index contributed by atoms with van der Waals surface area (Å²) >= 11 is 0. The Bertz CT molecular complexity index is 941. The first-order valence-electron chi connectivity index (χ1n) is 8.74. The van der Waals surface area contributed by atoms with E-state index in [0.29, 0.717) is 5.56 Å². The van der Waals surface area contributed by atoms with Gasteiger partial charge in [-0.1, -0.05) is 18.2 Å². The second-order valence-corrected chi connectivity index (χ2v) is 8.23. The number of benzene rings is 2. The van der Waals surface area contributed by atoms with Crippen LogP contribution in [0.15, 0.2) is 59.5 Å². The van der Waals surface area contributed by atoms with Crippen LogP contribution in [0.2, 0.25) is 0 Å². The predicted octanol–water partition coefficient (Wildman–Crippen LogP) is 1.09. The zero-order valence-corrected chi connectivity index (χ0v) is 15.9. The second-order valence-electron chi connectivity index (χ2n) is 6.29. The van der Waals surface area contributed by atoms with Crippen LogP contribution in [0.3, 0.4) is 0 Å². The van der Waals surface area contributed by atoms with Crippen LogP contribution in [0.25, 0.3) is 0 Å². The smallest absolute Gasteiger partial charge is 0.251 e. The van der Waals surface area contributed by atoms with Gasteiger partial charge in [-0.2, -0.15) is 4.31 Å². The zero-order valence-electron chi connectivity index (χ0n) is 15.0. The van der Waals surface area contributed by atoms with Crippen molar-refractivity contribution in [2.75, 3.05) is 32.7 Å². The summed E-state index contributed by atoms with van der Waals surface area (Å²) in [5.74, 6) is -1.12. The maximum absolute atomic E-state index is 13.0. The van der Waals surface area contributed by atoms with Gasteiger partial charge in [0, 0.05) is 31.7 Å². The topological polar surface area (TPSA) is 86.8 Å². The fourth-order valence-corrected chi connectivity index (χ4v) is 4.31. The number of carbonyl (C=O) groups excluding carboxylic acids is 2. The summed E-state index contributed by atoms with van der Waals surface area (Å²) in [6.07, 6.45) is 0. The average molecular weight is 405 g/mol. The number of halogens is 1. The lowest BCUT2D eigenvalue weighted by atomic mass is 10.2. The van der Waals surface area contributed by atoms with Crippen LogP contribution in [0.5, 0.6) is 0 Å². The van der Waals surface area contributed by atoms with Crippen LogP contribution < -0.4 is 5.32 Å². The lowest BCUT2D eigenvalue weighted by molar-refractivity contribution is -0.131. The van der Waals surface area contributed by atoms with Gasteiger partial charge < -0.3 is 10.2 Å². The van der Waals surface area contributed by atoms with E-state index < -0.39 is 15.8 Å². The Hall–Kier alpha value is -2.78. The molecule has 1 aliphatic rings. The molecule has 9 heteroatoms. The molecule has 1 saturated heterocycles. The molecule has 0 spiro atoms. The number of sulfonamides is 1. The minimum atomic E-state index is -3.73. The lowest BCUT2D eigenvalue weighted by Gasteiger charge is -2.34. The fraction of sp³-hybridized carbons (Fsp3) is 0.263. The number of amides is 2. The van der Waals surface area contributed by atoms with Crippen LogP contribution in [0.4, 0.5) is 4.39 Å². The van der Waals surface area contributed by atoms with Crippen LogP contribution in [-0.2, 0) is 14.8 Å². The van der Waals surface area contributed by atoms with E-state index in [1.807, 2.05) is 0 Å². The van der Waals surface area contributed by atoms with E-state index in [4.69, 9.17) is 0 Å². The molecule has 2 amide bonds. The summed E-state index contributed by atoms with van der Waals surface area (Å²) in [4.78, 5) is 25.8. The van der Waals surface area contributed by atoms with E-state index in [0.717, 1.165) is 12.1 Å². The summed E-state index contributed by atoms with van der Waals surface area (Å²) in [5.41, 5.74) is 0.463. The molecule has 1 N–H and O–H groups in total. The third kappa shape index (κ3) is 4.55. The molecule has 0 unspecified atom stereocenters. The van der Waals surface area contributed by atoms with Crippen LogP contribution in [0, 0.1) is 5.82 Å². The van der Waals surface area contributed by atoms with Gasteiger partial charge in [0.2, 0.25) is 15.9 Å².